The fourth-order valence-corrected chi connectivity index (χ4v) is 3.19. The van der Waals surface area contributed by atoms with Crippen LogP contribution in [-0.2, 0) is 0 Å². The number of aromatic amines is 1. The Morgan fingerprint density at radius 1 is 1.33 bits per heavy atom. The second kappa shape index (κ2) is 5.97. The molecule has 0 bridgehead atoms. The van der Waals surface area contributed by atoms with Gasteiger partial charge < -0.3 is 4.74 Å². The van der Waals surface area contributed by atoms with E-state index in [0.29, 0.717) is 12.6 Å². The Kier molecular flexibility index (Phi) is 4.05. The first kappa shape index (κ1) is 14.3. The number of aryl methyl sites for hydroxylation is 2. The van der Waals surface area contributed by atoms with Crippen molar-refractivity contribution in [1.29, 1.82) is 0 Å². The minimum absolute atomic E-state index is 0.102. The van der Waals surface area contributed by atoms with E-state index >= 15 is 0 Å². The summed E-state index contributed by atoms with van der Waals surface area (Å²) < 4.78 is 7.53. The molecule has 1 saturated carbocycles. The number of aromatic nitrogens is 3. The van der Waals surface area contributed by atoms with Gasteiger partial charge in [-0.2, -0.15) is 0 Å². The number of H-pyrrole nitrogens is 1. The number of thioether (sulfide) groups is 1. The highest BCUT2D eigenvalue weighted by atomic mass is 32.2. The van der Waals surface area contributed by atoms with Crippen LogP contribution in [0, 0.1) is 13.8 Å². The van der Waals surface area contributed by atoms with Crippen LogP contribution >= 0.6 is 11.8 Å². The van der Waals surface area contributed by atoms with E-state index in [9.17, 15) is 4.79 Å². The molecule has 2 aromatic rings. The Morgan fingerprint density at radius 2 is 2.05 bits per heavy atom. The lowest BCUT2D eigenvalue weighted by atomic mass is 10.1. The van der Waals surface area contributed by atoms with Crippen LogP contribution in [0.4, 0.5) is 0 Å². The van der Waals surface area contributed by atoms with Gasteiger partial charge in [-0.15, -0.1) is 5.10 Å². The van der Waals surface area contributed by atoms with Crippen LogP contribution in [0.5, 0.6) is 5.75 Å². The maximum Gasteiger partial charge on any atom is 0.344 e. The van der Waals surface area contributed by atoms with E-state index in [0.717, 1.165) is 29.5 Å². The Hall–Kier alpha value is -1.69. The number of nitrogens with one attached hydrogen (secondary N) is 1. The molecule has 5 nitrogen and oxygen atoms in total. The molecular weight excluding hydrogens is 286 g/mol. The largest absolute Gasteiger partial charge is 0.493 e. The molecule has 0 unspecified atom stereocenters. The molecule has 1 aliphatic rings. The molecule has 1 aromatic heterocycles. The highest BCUT2D eigenvalue weighted by Crippen LogP contribution is 2.35. The number of hydrogen-bond donors (Lipinski definition) is 1. The maximum absolute atomic E-state index is 11.7. The first-order chi connectivity index (χ1) is 10.1. The molecule has 3 rings (SSSR count). The van der Waals surface area contributed by atoms with Crippen LogP contribution in [0.1, 0.15) is 30.0 Å². The highest BCUT2D eigenvalue weighted by molar-refractivity contribution is 7.99. The van der Waals surface area contributed by atoms with Crippen molar-refractivity contribution in [2.45, 2.75) is 37.9 Å². The molecule has 1 heterocycles. The average Bonchev–Trinajstić information content (AvgIpc) is 3.18. The van der Waals surface area contributed by atoms with Crippen LogP contribution in [0.15, 0.2) is 28.2 Å². The van der Waals surface area contributed by atoms with E-state index in [1.54, 1.807) is 16.3 Å². The minimum Gasteiger partial charge on any atom is -0.493 e. The number of rotatable bonds is 6. The zero-order valence-electron chi connectivity index (χ0n) is 12.3. The summed E-state index contributed by atoms with van der Waals surface area (Å²) in [4.78, 5) is 11.7. The lowest BCUT2D eigenvalue weighted by Gasteiger charge is -2.08. The summed E-state index contributed by atoms with van der Waals surface area (Å²) in [6.45, 7) is 4.72. The zero-order chi connectivity index (χ0) is 14.8. The van der Waals surface area contributed by atoms with Gasteiger partial charge in [0.15, 0.2) is 5.16 Å². The topological polar surface area (TPSA) is 59.9 Å². The molecule has 112 valence electrons. The molecule has 1 fully saturated rings. The van der Waals surface area contributed by atoms with E-state index in [-0.39, 0.29) is 5.69 Å². The van der Waals surface area contributed by atoms with Crippen molar-refractivity contribution in [2.75, 3.05) is 12.4 Å². The predicted molar refractivity (Wildman–Crippen MR) is 83.3 cm³/mol. The summed E-state index contributed by atoms with van der Waals surface area (Å²) in [7, 11) is 0. The third-order valence-corrected chi connectivity index (χ3v) is 4.28. The van der Waals surface area contributed by atoms with Crippen LogP contribution in [-0.4, -0.2) is 27.1 Å². The minimum atomic E-state index is -0.102. The van der Waals surface area contributed by atoms with Crippen molar-refractivity contribution in [2.24, 2.45) is 0 Å². The Labute approximate surface area is 127 Å². The molecule has 0 aliphatic heterocycles. The molecule has 0 amide bonds. The number of hydrogen-bond acceptors (Lipinski definition) is 4. The van der Waals surface area contributed by atoms with E-state index in [4.69, 9.17) is 4.74 Å². The van der Waals surface area contributed by atoms with Crippen molar-refractivity contribution in [3.63, 3.8) is 0 Å². The molecule has 0 radical (unpaired) electrons. The van der Waals surface area contributed by atoms with Gasteiger partial charge in [-0.05, 0) is 49.9 Å². The Balaban J connectivity index is 1.53. The zero-order valence-corrected chi connectivity index (χ0v) is 13.1. The van der Waals surface area contributed by atoms with Gasteiger partial charge in [0.2, 0.25) is 0 Å². The van der Waals surface area contributed by atoms with Gasteiger partial charge in [0.1, 0.15) is 5.75 Å². The van der Waals surface area contributed by atoms with Crippen molar-refractivity contribution in [3.05, 3.63) is 39.8 Å². The first-order valence-corrected chi connectivity index (χ1v) is 8.13. The third kappa shape index (κ3) is 3.50. The molecule has 21 heavy (non-hydrogen) atoms. The quantitative estimate of drug-likeness (QED) is 0.658. The summed E-state index contributed by atoms with van der Waals surface area (Å²) in [5.74, 6) is 1.67. The smallest absolute Gasteiger partial charge is 0.344 e. The van der Waals surface area contributed by atoms with Gasteiger partial charge in [0, 0.05) is 11.8 Å². The number of ether oxygens (including phenoxy) is 1. The van der Waals surface area contributed by atoms with Crippen molar-refractivity contribution in [3.8, 4) is 5.75 Å². The molecule has 1 aliphatic carbocycles. The third-order valence-electron chi connectivity index (χ3n) is 3.36. The Bertz CT molecular complexity index is 668. The van der Waals surface area contributed by atoms with Gasteiger partial charge in [-0.25, -0.2) is 9.89 Å². The van der Waals surface area contributed by atoms with Gasteiger partial charge in [-0.3, -0.25) is 4.57 Å². The summed E-state index contributed by atoms with van der Waals surface area (Å²) in [6.07, 6.45) is 2.15. The molecule has 0 spiro atoms. The lowest BCUT2D eigenvalue weighted by molar-refractivity contribution is 0.343. The second-order valence-electron chi connectivity index (χ2n) is 5.43. The molecule has 1 N–H and O–H groups in total. The standard InChI is InChI=1S/C15H19N3O2S/c1-10-7-11(2)9-13(8-10)20-5-6-21-15-17-16-14(19)18(15)12-3-4-12/h7-9,12H,3-6H2,1-2H3,(H,16,19). The van der Waals surface area contributed by atoms with Crippen LogP contribution < -0.4 is 10.4 Å². The average molecular weight is 305 g/mol. The molecular formula is C15H19N3O2S. The fourth-order valence-electron chi connectivity index (χ4n) is 2.36. The first-order valence-electron chi connectivity index (χ1n) is 7.14. The van der Waals surface area contributed by atoms with E-state index in [1.165, 1.54) is 11.1 Å². The van der Waals surface area contributed by atoms with Gasteiger partial charge in [0.25, 0.3) is 0 Å². The van der Waals surface area contributed by atoms with Crippen LogP contribution in [0.25, 0.3) is 0 Å². The number of nitrogens with zero attached hydrogens (tertiary/aromatic N) is 2. The van der Waals surface area contributed by atoms with Crippen molar-refractivity contribution < 1.29 is 4.74 Å². The summed E-state index contributed by atoms with van der Waals surface area (Å²) in [6, 6.07) is 6.54. The van der Waals surface area contributed by atoms with Crippen LogP contribution in [0.2, 0.25) is 0 Å². The monoisotopic (exact) mass is 305 g/mol. The van der Waals surface area contributed by atoms with E-state index < -0.39 is 0 Å². The highest BCUT2D eigenvalue weighted by Gasteiger charge is 2.28. The van der Waals surface area contributed by atoms with E-state index in [1.807, 2.05) is 12.1 Å². The summed E-state index contributed by atoms with van der Waals surface area (Å²) in [5, 5.41) is 7.38. The van der Waals surface area contributed by atoms with Crippen molar-refractivity contribution >= 4 is 11.8 Å². The maximum atomic E-state index is 11.7. The molecule has 0 atom stereocenters. The SMILES string of the molecule is Cc1cc(C)cc(OCCSc2n[nH]c(=O)n2C2CC2)c1. The second-order valence-corrected chi connectivity index (χ2v) is 6.49. The molecule has 0 saturated heterocycles. The molecule has 1 aromatic carbocycles. The summed E-state index contributed by atoms with van der Waals surface area (Å²) in [5.41, 5.74) is 2.30. The summed E-state index contributed by atoms with van der Waals surface area (Å²) >= 11 is 1.56. The van der Waals surface area contributed by atoms with E-state index in [2.05, 4.69) is 30.1 Å². The van der Waals surface area contributed by atoms with Crippen molar-refractivity contribution in [1.82, 2.24) is 14.8 Å². The Morgan fingerprint density at radius 3 is 2.71 bits per heavy atom. The van der Waals surface area contributed by atoms with Gasteiger partial charge >= 0.3 is 5.69 Å². The van der Waals surface area contributed by atoms with Gasteiger partial charge in [0.05, 0.1) is 6.61 Å². The molecule has 6 heteroatoms. The normalized spacial score (nSPS) is 14.4. The fraction of sp³-hybridized carbons (Fsp3) is 0.467. The predicted octanol–water partition coefficient (Wildman–Crippen LogP) is 2.69. The van der Waals surface area contributed by atoms with Gasteiger partial charge in [-0.1, -0.05) is 17.8 Å². The lowest BCUT2D eigenvalue weighted by Crippen LogP contribution is -2.16. The van der Waals surface area contributed by atoms with Crippen LogP contribution in [0.3, 0.4) is 0 Å². The number of benzene rings is 1.